The van der Waals surface area contributed by atoms with Crippen molar-refractivity contribution < 1.29 is 4.79 Å². The van der Waals surface area contributed by atoms with Crippen molar-refractivity contribution in [1.82, 2.24) is 5.32 Å². The van der Waals surface area contributed by atoms with E-state index in [1.807, 2.05) is 12.1 Å². The topological polar surface area (TPSA) is 29.1 Å². The van der Waals surface area contributed by atoms with Crippen LogP contribution in [0.5, 0.6) is 0 Å². The van der Waals surface area contributed by atoms with Crippen LogP contribution in [0.3, 0.4) is 0 Å². The van der Waals surface area contributed by atoms with Gasteiger partial charge in [0.25, 0.3) is 5.91 Å². The number of hydrogen-bond acceptors (Lipinski definition) is 1. The number of rotatable bonds is 2. The average molecular weight is 392 g/mol. The predicted molar refractivity (Wildman–Crippen MR) is 87.6 cm³/mol. The van der Waals surface area contributed by atoms with E-state index in [9.17, 15) is 4.79 Å². The Hall–Kier alpha value is -0.290. The van der Waals surface area contributed by atoms with Gasteiger partial charge in [0, 0.05) is 15.2 Å². The standard InChI is InChI=1S/C15H19ClINO/c1-9-4-3-5-14(10(9)2)18-15(19)11-6-7-13(17)12(16)8-11/h6-10,14H,3-5H2,1-2H3,(H,18,19). The minimum Gasteiger partial charge on any atom is -0.349 e. The summed E-state index contributed by atoms with van der Waals surface area (Å²) in [7, 11) is 0. The maximum Gasteiger partial charge on any atom is 0.251 e. The lowest BCUT2D eigenvalue weighted by atomic mass is 9.78. The summed E-state index contributed by atoms with van der Waals surface area (Å²) in [6.45, 7) is 4.50. The van der Waals surface area contributed by atoms with Crippen molar-refractivity contribution in [3.8, 4) is 0 Å². The van der Waals surface area contributed by atoms with E-state index in [0.717, 1.165) is 9.99 Å². The molecule has 0 aromatic heterocycles. The molecule has 0 saturated heterocycles. The number of amides is 1. The molecule has 4 heteroatoms. The van der Waals surface area contributed by atoms with Crippen LogP contribution in [-0.2, 0) is 0 Å². The molecule has 3 unspecified atom stereocenters. The molecule has 2 rings (SSSR count). The second-order valence-electron chi connectivity index (χ2n) is 5.48. The van der Waals surface area contributed by atoms with Gasteiger partial charge in [0.1, 0.15) is 0 Å². The zero-order valence-electron chi connectivity index (χ0n) is 11.2. The Morgan fingerprint density at radius 3 is 2.79 bits per heavy atom. The molecule has 1 aliphatic rings. The van der Waals surface area contributed by atoms with Gasteiger partial charge >= 0.3 is 0 Å². The maximum atomic E-state index is 12.3. The number of nitrogens with one attached hydrogen (secondary N) is 1. The Labute approximate surface area is 133 Å². The van der Waals surface area contributed by atoms with Crippen LogP contribution in [0.15, 0.2) is 18.2 Å². The Balaban J connectivity index is 2.06. The normalized spacial score (nSPS) is 27.1. The molecule has 1 amide bonds. The van der Waals surface area contributed by atoms with Crippen LogP contribution in [0.2, 0.25) is 5.02 Å². The van der Waals surface area contributed by atoms with Gasteiger partial charge in [-0.05, 0) is 59.0 Å². The van der Waals surface area contributed by atoms with Gasteiger partial charge in [-0.25, -0.2) is 0 Å². The van der Waals surface area contributed by atoms with Crippen LogP contribution in [0.1, 0.15) is 43.5 Å². The lowest BCUT2D eigenvalue weighted by Crippen LogP contribution is -2.43. The van der Waals surface area contributed by atoms with Crippen molar-refractivity contribution in [2.75, 3.05) is 0 Å². The molecule has 3 atom stereocenters. The van der Waals surface area contributed by atoms with E-state index < -0.39 is 0 Å². The molecule has 0 spiro atoms. The molecule has 0 heterocycles. The quantitative estimate of drug-likeness (QED) is 0.739. The zero-order chi connectivity index (χ0) is 14.0. The second-order valence-corrected chi connectivity index (χ2v) is 7.05. The van der Waals surface area contributed by atoms with Gasteiger partial charge in [-0.3, -0.25) is 4.79 Å². The van der Waals surface area contributed by atoms with Gasteiger partial charge in [0.05, 0.1) is 5.02 Å². The molecule has 1 saturated carbocycles. The van der Waals surface area contributed by atoms with Gasteiger partial charge in [0.15, 0.2) is 0 Å². The predicted octanol–water partition coefficient (Wildman–Crippen LogP) is 4.50. The highest BCUT2D eigenvalue weighted by Crippen LogP contribution is 2.29. The third-order valence-electron chi connectivity index (χ3n) is 4.21. The summed E-state index contributed by atoms with van der Waals surface area (Å²) in [5.74, 6) is 1.21. The molecule has 0 radical (unpaired) electrons. The second kappa shape index (κ2) is 6.44. The van der Waals surface area contributed by atoms with E-state index in [0.29, 0.717) is 22.4 Å². The van der Waals surface area contributed by atoms with Crippen LogP contribution in [0.25, 0.3) is 0 Å². The smallest absolute Gasteiger partial charge is 0.251 e. The van der Waals surface area contributed by atoms with E-state index >= 15 is 0 Å². The molecule has 1 N–H and O–H groups in total. The lowest BCUT2D eigenvalue weighted by Gasteiger charge is -2.34. The van der Waals surface area contributed by atoms with E-state index in [-0.39, 0.29) is 11.9 Å². The number of carbonyl (C=O) groups excluding carboxylic acids is 1. The number of hydrogen-bond donors (Lipinski definition) is 1. The highest BCUT2D eigenvalue weighted by molar-refractivity contribution is 14.1. The van der Waals surface area contributed by atoms with E-state index in [1.54, 1.807) is 6.07 Å². The van der Waals surface area contributed by atoms with Crippen molar-refractivity contribution in [3.05, 3.63) is 32.4 Å². The molecule has 2 nitrogen and oxygen atoms in total. The summed E-state index contributed by atoms with van der Waals surface area (Å²) in [5, 5.41) is 3.80. The number of halogens is 2. The van der Waals surface area contributed by atoms with Gasteiger partial charge < -0.3 is 5.32 Å². The van der Waals surface area contributed by atoms with Gasteiger partial charge in [-0.15, -0.1) is 0 Å². The van der Waals surface area contributed by atoms with E-state index in [1.165, 1.54) is 12.8 Å². The fourth-order valence-corrected chi connectivity index (χ4v) is 3.19. The first-order valence-corrected chi connectivity index (χ1v) is 8.20. The minimum absolute atomic E-state index is 0.00995. The monoisotopic (exact) mass is 391 g/mol. The number of carbonyl (C=O) groups is 1. The largest absolute Gasteiger partial charge is 0.349 e. The summed E-state index contributed by atoms with van der Waals surface area (Å²) in [5.41, 5.74) is 0.649. The average Bonchev–Trinajstić information content (AvgIpc) is 2.38. The van der Waals surface area contributed by atoms with E-state index in [4.69, 9.17) is 11.6 Å². The minimum atomic E-state index is -0.00995. The van der Waals surface area contributed by atoms with Crippen LogP contribution >= 0.6 is 34.2 Å². The van der Waals surface area contributed by atoms with Crippen LogP contribution in [0, 0.1) is 15.4 Å². The van der Waals surface area contributed by atoms with Crippen molar-refractivity contribution >= 4 is 40.1 Å². The summed E-state index contributed by atoms with van der Waals surface area (Å²) < 4.78 is 0.968. The van der Waals surface area contributed by atoms with Crippen molar-refractivity contribution in [1.29, 1.82) is 0 Å². The third-order valence-corrected chi connectivity index (χ3v) is 5.78. The number of benzene rings is 1. The molecule has 19 heavy (non-hydrogen) atoms. The fourth-order valence-electron chi connectivity index (χ4n) is 2.67. The van der Waals surface area contributed by atoms with Gasteiger partial charge in [-0.1, -0.05) is 38.3 Å². The summed E-state index contributed by atoms with van der Waals surface area (Å²) in [6.07, 6.45) is 3.54. The molecular formula is C15H19ClINO. The van der Waals surface area contributed by atoms with Crippen LogP contribution < -0.4 is 5.32 Å². The van der Waals surface area contributed by atoms with Crippen molar-refractivity contribution in [2.45, 2.75) is 39.2 Å². The Kier molecular flexibility index (Phi) is 5.12. The Morgan fingerprint density at radius 2 is 2.11 bits per heavy atom. The molecule has 1 fully saturated rings. The highest BCUT2D eigenvalue weighted by atomic mass is 127. The Bertz CT molecular complexity index is 477. The molecule has 1 aromatic carbocycles. The zero-order valence-corrected chi connectivity index (χ0v) is 14.2. The molecule has 0 bridgehead atoms. The van der Waals surface area contributed by atoms with Crippen LogP contribution in [-0.4, -0.2) is 11.9 Å². The summed E-state index contributed by atoms with van der Waals surface area (Å²) in [6, 6.07) is 5.74. The first-order chi connectivity index (χ1) is 8.99. The third kappa shape index (κ3) is 3.63. The van der Waals surface area contributed by atoms with E-state index in [2.05, 4.69) is 41.8 Å². The lowest BCUT2D eigenvalue weighted by molar-refractivity contribution is 0.0891. The highest BCUT2D eigenvalue weighted by Gasteiger charge is 2.28. The van der Waals surface area contributed by atoms with Crippen molar-refractivity contribution in [2.24, 2.45) is 11.8 Å². The Morgan fingerprint density at radius 1 is 1.37 bits per heavy atom. The molecule has 1 aromatic rings. The molecule has 0 aliphatic heterocycles. The maximum absolute atomic E-state index is 12.3. The SMILES string of the molecule is CC1CCCC(NC(=O)c2ccc(I)c(Cl)c2)C1C. The first kappa shape index (κ1) is 15.1. The summed E-state index contributed by atoms with van der Waals surface area (Å²) >= 11 is 8.23. The molecule has 104 valence electrons. The van der Waals surface area contributed by atoms with Crippen molar-refractivity contribution in [3.63, 3.8) is 0 Å². The fraction of sp³-hybridized carbons (Fsp3) is 0.533. The van der Waals surface area contributed by atoms with Gasteiger partial charge in [-0.2, -0.15) is 0 Å². The summed E-state index contributed by atoms with van der Waals surface area (Å²) in [4.78, 5) is 12.3. The molecule has 1 aliphatic carbocycles. The van der Waals surface area contributed by atoms with Crippen LogP contribution in [0.4, 0.5) is 0 Å². The first-order valence-electron chi connectivity index (χ1n) is 6.75. The van der Waals surface area contributed by atoms with Gasteiger partial charge in [0.2, 0.25) is 0 Å². The molecular weight excluding hydrogens is 373 g/mol.